The van der Waals surface area contributed by atoms with E-state index in [1.165, 1.54) is 17.7 Å². The van der Waals surface area contributed by atoms with Crippen molar-refractivity contribution in [1.82, 2.24) is 5.16 Å². The number of aromatic nitrogens is 1. The number of hydrogen-bond donors (Lipinski definition) is 1. The van der Waals surface area contributed by atoms with Crippen molar-refractivity contribution in [3.8, 4) is 23.1 Å². The van der Waals surface area contributed by atoms with Gasteiger partial charge in [0.15, 0.2) is 12.4 Å². The molecule has 0 saturated heterocycles. The minimum absolute atomic E-state index is 0.155. The van der Waals surface area contributed by atoms with E-state index in [2.05, 4.69) is 10.5 Å². The highest BCUT2D eigenvalue weighted by Gasteiger charge is 2.09. The lowest BCUT2D eigenvalue weighted by molar-refractivity contribution is 0.366. The van der Waals surface area contributed by atoms with Crippen LogP contribution in [0.4, 0.5) is 10.1 Å². The van der Waals surface area contributed by atoms with Crippen LogP contribution in [0.25, 0.3) is 11.3 Å². The number of hydrogen-bond acceptors (Lipinski definition) is 5. The smallest absolute Gasteiger partial charge is 0.174 e. The van der Waals surface area contributed by atoms with E-state index in [0.29, 0.717) is 18.0 Å². The molecule has 0 aliphatic heterocycles. The second-order valence-corrected chi connectivity index (χ2v) is 5.49. The Balaban J connectivity index is 1.70. The average molecular weight is 337 g/mol. The molecule has 25 heavy (non-hydrogen) atoms. The van der Waals surface area contributed by atoms with Gasteiger partial charge in [-0.25, -0.2) is 4.39 Å². The molecule has 0 bridgehead atoms. The molecule has 0 spiro atoms. The van der Waals surface area contributed by atoms with Crippen LogP contribution < -0.4 is 10.1 Å². The Hall–Kier alpha value is -3.33. The van der Waals surface area contributed by atoms with Crippen LogP contribution in [-0.4, -0.2) is 11.8 Å². The monoisotopic (exact) mass is 337 g/mol. The van der Waals surface area contributed by atoms with Gasteiger partial charge in [-0.2, -0.15) is 5.26 Å². The number of halogens is 1. The quantitative estimate of drug-likeness (QED) is 0.726. The molecule has 0 unspecified atom stereocenters. The Morgan fingerprint density at radius 2 is 2.00 bits per heavy atom. The number of anilines is 1. The zero-order chi connectivity index (χ0) is 17.6. The number of benzene rings is 2. The first kappa shape index (κ1) is 16.5. The molecule has 0 aliphatic carbocycles. The normalized spacial score (nSPS) is 10.3. The zero-order valence-electron chi connectivity index (χ0n) is 13.6. The number of aryl methyl sites for hydroxylation is 1. The Bertz CT molecular complexity index is 898. The summed E-state index contributed by atoms with van der Waals surface area (Å²) < 4.78 is 23.9. The van der Waals surface area contributed by atoms with Crippen LogP contribution in [0.5, 0.6) is 5.75 Å². The third-order valence-electron chi connectivity index (χ3n) is 3.60. The van der Waals surface area contributed by atoms with E-state index in [4.69, 9.17) is 14.5 Å². The van der Waals surface area contributed by atoms with Crippen molar-refractivity contribution in [1.29, 1.82) is 5.26 Å². The maximum Gasteiger partial charge on any atom is 0.174 e. The van der Waals surface area contributed by atoms with Crippen molar-refractivity contribution < 1.29 is 13.7 Å². The Kier molecular flexibility index (Phi) is 4.95. The van der Waals surface area contributed by atoms with Crippen LogP contribution in [0.15, 0.2) is 53.1 Å². The number of rotatable bonds is 6. The summed E-state index contributed by atoms with van der Waals surface area (Å²) in [6.07, 6.45) is 0. The molecule has 5 nitrogen and oxygen atoms in total. The van der Waals surface area contributed by atoms with Gasteiger partial charge in [0.1, 0.15) is 23.3 Å². The predicted molar refractivity (Wildman–Crippen MR) is 91.5 cm³/mol. The highest BCUT2D eigenvalue weighted by atomic mass is 19.1. The second kappa shape index (κ2) is 7.49. The van der Waals surface area contributed by atoms with Crippen LogP contribution >= 0.6 is 0 Å². The zero-order valence-corrected chi connectivity index (χ0v) is 13.6. The summed E-state index contributed by atoms with van der Waals surface area (Å²) >= 11 is 0. The first-order valence-corrected chi connectivity index (χ1v) is 7.71. The molecule has 126 valence electrons. The maximum absolute atomic E-state index is 13.3. The summed E-state index contributed by atoms with van der Waals surface area (Å²) in [5.74, 6) is 0.478. The molecule has 6 heteroatoms. The molecule has 1 N–H and O–H groups in total. The van der Waals surface area contributed by atoms with E-state index in [1.54, 1.807) is 6.07 Å². The molecule has 3 rings (SSSR count). The highest BCUT2D eigenvalue weighted by molar-refractivity contribution is 5.60. The number of nitrogens with zero attached hydrogens (tertiary/aromatic N) is 2. The van der Waals surface area contributed by atoms with Gasteiger partial charge in [-0.15, -0.1) is 0 Å². The minimum Gasteiger partial charge on any atom is -0.476 e. The van der Waals surface area contributed by atoms with E-state index in [9.17, 15) is 4.39 Å². The summed E-state index contributed by atoms with van der Waals surface area (Å²) in [6, 6.07) is 15.8. The van der Waals surface area contributed by atoms with Gasteiger partial charge in [-0.05, 0) is 19.1 Å². The van der Waals surface area contributed by atoms with Crippen LogP contribution in [-0.2, 0) is 6.54 Å². The summed E-state index contributed by atoms with van der Waals surface area (Å²) in [4.78, 5) is 0. The van der Waals surface area contributed by atoms with Crippen LogP contribution in [0.1, 0.15) is 11.3 Å². The minimum atomic E-state index is -0.431. The summed E-state index contributed by atoms with van der Waals surface area (Å²) in [5, 5.41) is 15.8. The predicted octanol–water partition coefficient (Wildman–Crippen LogP) is 4.30. The lowest BCUT2D eigenvalue weighted by Crippen LogP contribution is -2.03. The number of nitrogens with one attached hydrogen (secondary N) is 1. The fourth-order valence-electron chi connectivity index (χ4n) is 2.31. The van der Waals surface area contributed by atoms with Crippen LogP contribution in [0.2, 0.25) is 0 Å². The largest absolute Gasteiger partial charge is 0.476 e. The van der Waals surface area contributed by atoms with Gasteiger partial charge in [-0.1, -0.05) is 35.0 Å². The topological polar surface area (TPSA) is 71.1 Å². The third kappa shape index (κ3) is 4.15. The van der Waals surface area contributed by atoms with Gasteiger partial charge in [0.05, 0.1) is 12.2 Å². The van der Waals surface area contributed by atoms with E-state index in [-0.39, 0.29) is 12.4 Å². The molecule has 0 fully saturated rings. The van der Waals surface area contributed by atoms with Crippen LogP contribution in [0.3, 0.4) is 0 Å². The SMILES string of the molecule is Cc1ccc(-c2cc(CNc3ccc(F)cc3OCC#N)on2)cc1. The molecule has 1 aromatic heterocycles. The highest BCUT2D eigenvalue weighted by Crippen LogP contribution is 2.26. The van der Waals surface area contributed by atoms with Crippen molar-refractivity contribution in [3.63, 3.8) is 0 Å². The van der Waals surface area contributed by atoms with Gasteiger partial charge < -0.3 is 14.6 Å². The first-order chi connectivity index (χ1) is 12.2. The molecule has 0 aliphatic rings. The van der Waals surface area contributed by atoms with Crippen molar-refractivity contribution >= 4 is 5.69 Å². The van der Waals surface area contributed by atoms with Gasteiger partial charge in [0.2, 0.25) is 0 Å². The van der Waals surface area contributed by atoms with Crippen molar-refractivity contribution in [3.05, 3.63) is 65.7 Å². The number of nitriles is 1. The number of ether oxygens (including phenoxy) is 1. The van der Waals surface area contributed by atoms with Crippen molar-refractivity contribution in [2.24, 2.45) is 0 Å². The van der Waals surface area contributed by atoms with E-state index in [1.807, 2.05) is 43.3 Å². The van der Waals surface area contributed by atoms with Crippen molar-refractivity contribution in [2.75, 3.05) is 11.9 Å². The van der Waals surface area contributed by atoms with Crippen LogP contribution in [0, 0.1) is 24.1 Å². The lowest BCUT2D eigenvalue weighted by Gasteiger charge is -2.10. The van der Waals surface area contributed by atoms with E-state index >= 15 is 0 Å². The Morgan fingerprint density at radius 3 is 2.76 bits per heavy atom. The Labute approximate surface area is 144 Å². The molecule has 0 saturated carbocycles. The van der Waals surface area contributed by atoms with Gasteiger partial charge in [0, 0.05) is 17.7 Å². The standard InChI is InChI=1S/C19H16FN3O2/c1-13-2-4-14(5-3-13)18-11-16(25-23-18)12-22-17-7-6-15(20)10-19(17)24-9-8-21/h2-7,10-11,22H,9,12H2,1H3. The van der Waals surface area contributed by atoms with E-state index < -0.39 is 5.82 Å². The molecule has 0 atom stereocenters. The molecular formula is C19H16FN3O2. The van der Waals surface area contributed by atoms with Gasteiger partial charge in [-0.3, -0.25) is 0 Å². The fourth-order valence-corrected chi connectivity index (χ4v) is 2.31. The van der Waals surface area contributed by atoms with Gasteiger partial charge in [0.25, 0.3) is 0 Å². The molecule has 2 aromatic carbocycles. The Morgan fingerprint density at radius 1 is 1.20 bits per heavy atom. The van der Waals surface area contributed by atoms with E-state index in [0.717, 1.165) is 11.3 Å². The summed E-state index contributed by atoms with van der Waals surface area (Å²) in [6.45, 7) is 2.22. The second-order valence-electron chi connectivity index (χ2n) is 5.49. The first-order valence-electron chi connectivity index (χ1n) is 7.71. The van der Waals surface area contributed by atoms with Crippen molar-refractivity contribution in [2.45, 2.75) is 13.5 Å². The molecule has 1 heterocycles. The average Bonchev–Trinajstić information content (AvgIpc) is 3.08. The molecular weight excluding hydrogens is 321 g/mol. The summed E-state index contributed by atoms with van der Waals surface area (Å²) in [7, 11) is 0. The molecule has 0 amide bonds. The third-order valence-corrected chi connectivity index (χ3v) is 3.60. The van der Waals surface area contributed by atoms with Gasteiger partial charge >= 0.3 is 0 Å². The fraction of sp³-hybridized carbons (Fsp3) is 0.158. The molecule has 0 radical (unpaired) electrons. The molecule has 3 aromatic rings. The maximum atomic E-state index is 13.3. The summed E-state index contributed by atoms with van der Waals surface area (Å²) in [5.41, 5.74) is 3.47. The lowest BCUT2D eigenvalue weighted by atomic mass is 10.1.